The van der Waals surface area contributed by atoms with Crippen molar-refractivity contribution in [2.24, 2.45) is 0 Å². The summed E-state index contributed by atoms with van der Waals surface area (Å²) in [6, 6.07) is 64.4. The summed E-state index contributed by atoms with van der Waals surface area (Å²) in [6.45, 7) is 0. The smallest absolute Gasteiger partial charge is 0.161 e. The molecule has 54 heavy (non-hydrogen) atoms. The number of hydrogen-bond donors (Lipinski definition) is 0. The number of furan rings is 1. The third-order valence-electron chi connectivity index (χ3n) is 10.5. The summed E-state index contributed by atoms with van der Waals surface area (Å²) >= 11 is 1.75. The van der Waals surface area contributed by atoms with Crippen molar-refractivity contribution in [3.05, 3.63) is 182 Å². The fraction of sp³-hybridized carbons (Fsp3) is 0. The summed E-state index contributed by atoms with van der Waals surface area (Å²) in [5.74, 6) is 0.688. The van der Waals surface area contributed by atoms with Gasteiger partial charge < -0.3 is 4.42 Å². The molecule has 0 atom stereocenters. The minimum atomic E-state index is 0.688. The van der Waals surface area contributed by atoms with Gasteiger partial charge in [0.15, 0.2) is 5.82 Å². The van der Waals surface area contributed by atoms with Crippen LogP contribution in [0.15, 0.2) is 186 Å². The highest BCUT2D eigenvalue weighted by Gasteiger charge is 2.20. The summed E-state index contributed by atoms with van der Waals surface area (Å²) in [5.41, 5.74) is 12.6. The zero-order chi connectivity index (χ0) is 35.6. The number of rotatable bonds is 5. The Morgan fingerprint density at radius 2 is 1.04 bits per heavy atom. The molecule has 0 fully saturated rings. The van der Waals surface area contributed by atoms with Gasteiger partial charge in [0, 0.05) is 32.0 Å². The maximum atomic E-state index is 6.56. The molecule has 3 heterocycles. The first-order chi connectivity index (χ1) is 26.7. The van der Waals surface area contributed by atoms with E-state index in [9.17, 15) is 0 Å². The first-order valence-corrected chi connectivity index (χ1v) is 19.0. The number of aromatic nitrogens is 2. The topological polar surface area (TPSA) is 38.9 Å². The molecule has 11 rings (SSSR count). The van der Waals surface area contributed by atoms with Crippen LogP contribution in [-0.4, -0.2) is 9.97 Å². The molecule has 8 aromatic carbocycles. The summed E-state index contributed by atoms with van der Waals surface area (Å²) in [7, 11) is 0. The Labute approximate surface area is 315 Å². The molecule has 0 unspecified atom stereocenters. The van der Waals surface area contributed by atoms with Crippen LogP contribution in [-0.2, 0) is 0 Å². The predicted octanol–water partition coefficient (Wildman–Crippen LogP) is 14.2. The zero-order valence-electron chi connectivity index (χ0n) is 29.0. The average molecular weight is 707 g/mol. The Morgan fingerprint density at radius 3 is 1.85 bits per heavy atom. The van der Waals surface area contributed by atoms with Crippen LogP contribution in [0.3, 0.4) is 0 Å². The van der Waals surface area contributed by atoms with Crippen molar-refractivity contribution in [3.8, 4) is 56.0 Å². The maximum Gasteiger partial charge on any atom is 0.161 e. The van der Waals surface area contributed by atoms with Crippen LogP contribution in [0, 0.1) is 0 Å². The Balaban J connectivity index is 1.03. The van der Waals surface area contributed by atoms with E-state index in [1.807, 2.05) is 18.2 Å². The highest BCUT2D eigenvalue weighted by Crippen LogP contribution is 2.42. The molecule has 0 radical (unpaired) electrons. The van der Waals surface area contributed by atoms with Crippen molar-refractivity contribution in [3.63, 3.8) is 0 Å². The van der Waals surface area contributed by atoms with Gasteiger partial charge in [0.25, 0.3) is 0 Å². The highest BCUT2D eigenvalue weighted by molar-refractivity contribution is 7.26. The Bertz CT molecular complexity index is 3200. The summed E-state index contributed by atoms with van der Waals surface area (Å²) in [6.07, 6.45) is 0. The van der Waals surface area contributed by atoms with Crippen LogP contribution in [0.25, 0.3) is 109 Å². The molecule has 0 spiro atoms. The van der Waals surface area contributed by atoms with E-state index in [4.69, 9.17) is 14.4 Å². The molecular weight excluding hydrogens is 677 g/mol. The zero-order valence-corrected chi connectivity index (χ0v) is 29.8. The molecule has 11 aromatic rings. The number of hydrogen-bond acceptors (Lipinski definition) is 4. The molecule has 4 heteroatoms. The second-order valence-electron chi connectivity index (χ2n) is 13.7. The fourth-order valence-corrected chi connectivity index (χ4v) is 8.93. The van der Waals surface area contributed by atoms with Crippen LogP contribution in [0.2, 0.25) is 0 Å². The second-order valence-corrected chi connectivity index (χ2v) is 14.8. The Hall–Kier alpha value is -6.88. The molecule has 0 N–H and O–H groups in total. The van der Waals surface area contributed by atoms with E-state index in [2.05, 4.69) is 164 Å². The maximum absolute atomic E-state index is 6.56. The van der Waals surface area contributed by atoms with Crippen molar-refractivity contribution in [1.82, 2.24) is 9.97 Å². The SMILES string of the molecule is c1ccc(-c2ccc(-c3ccc4c(c3)oc3cccc(-c5nc(-c6ccc(-c7ccc8ccccc8c7)cc6)c6sc7ccccc7c6n5)c34)cc2)cc1. The molecule has 0 aliphatic carbocycles. The fourth-order valence-electron chi connectivity index (χ4n) is 7.77. The molecule has 0 bridgehead atoms. The Kier molecular flexibility index (Phi) is 7.04. The normalized spacial score (nSPS) is 11.7. The molecular formula is C50H30N2OS. The summed E-state index contributed by atoms with van der Waals surface area (Å²) in [4.78, 5) is 10.7. The largest absolute Gasteiger partial charge is 0.456 e. The van der Waals surface area contributed by atoms with Gasteiger partial charge in [0.05, 0.1) is 15.9 Å². The third kappa shape index (κ3) is 5.11. The van der Waals surface area contributed by atoms with Gasteiger partial charge in [-0.25, -0.2) is 9.97 Å². The average Bonchev–Trinajstić information content (AvgIpc) is 3.82. The van der Waals surface area contributed by atoms with Gasteiger partial charge >= 0.3 is 0 Å². The van der Waals surface area contributed by atoms with E-state index in [1.54, 1.807) is 11.3 Å². The van der Waals surface area contributed by atoms with E-state index in [0.29, 0.717) is 5.82 Å². The van der Waals surface area contributed by atoms with Crippen molar-refractivity contribution in [2.75, 3.05) is 0 Å². The quantitative estimate of drug-likeness (QED) is 0.179. The van der Waals surface area contributed by atoms with Gasteiger partial charge in [-0.05, 0) is 74.5 Å². The predicted molar refractivity (Wildman–Crippen MR) is 227 cm³/mol. The van der Waals surface area contributed by atoms with E-state index < -0.39 is 0 Å². The van der Waals surface area contributed by atoms with Crippen LogP contribution in [0.1, 0.15) is 0 Å². The van der Waals surface area contributed by atoms with Crippen LogP contribution < -0.4 is 0 Å². The van der Waals surface area contributed by atoms with Gasteiger partial charge in [0.1, 0.15) is 11.2 Å². The van der Waals surface area contributed by atoms with Crippen LogP contribution >= 0.6 is 11.3 Å². The van der Waals surface area contributed by atoms with Crippen LogP contribution in [0.4, 0.5) is 0 Å². The molecule has 0 aliphatic rings. The first kappa shape index (κ1) is 30.7. The van der Waals surface area contributed by atoms with Crippen LogP contribution in [0.5, 0.6) is 0 Å². The molecule has 0 saturated heterocycles. The molecule has 0 aliphatic heterocycles. The number of nitrogens with zero attached hydrogens (tertiary/aromatic N) is 2. The second kappa shape index (κ2) is 12.4. The number of thiophene rings is 1. The lowest BCUT2D eigenvalue weighted by atomic mass is 9.98. The van der Waals surface area contributed by atoms with Crippen molar-refractivity contribution in [2.45, 2.75) is 0 Å². The number of fused-ring (bicyclic) bond motifs is 7. The van der Waals surface area contributed by atoms with Gasteiger partial charge in [-0.1, -0.05) is 152 Å². The standard InChI is InChI=1S/C50H30N2OS/c1-2-9-31(10-3-1)33-17-19-35(20-18-33)39-27-28-40-44(30-39)53-43-15-8-14-42(46(40)43)50-51-47(49-48(52-50)41-13-6-7-16-45(41)54-49)36-24-21-34(22-25-36)38-26-23-32-11-4-5-12-37(32)29-38/h1-30H. The van der Waals surface area contributed by atoms with Crippen molar-refractivity contribution < 1.29 is 4.42 Å². The minimum Gasteiger partial charge on any atom is -0.456 e. The Morgan fingerprint density at radius 1 is 0.407 bits per heavy atom. The van der Waals surface area contributed by atoms with Gasteiger partial charge in [-0.2, -0.15) is 0 Å². The molecule has 0 amide bonds. The van der Waals surface area contributed by atoms with Crippen molar-refractivity contribution >= 4 is 64.4 Å². The van der Waals surface area contributed by atoms with Crippen molar-refractivity contribution in [1.29, 1.82) is 0 Å². The van der Waals surface area contributed by atoms with Gasteiger partial charge in [-0.3, -0.25) is 0 Å². The van der Waals surface area contributed by atoms with Gasteiger partial charge in [-0.15, -0.1) is 11.3 Å². The first-order valence-electron chi connectivity index (χ1n) is 18.1. The highest BCUT2D eigenvalue weighted by atomic mass is 32.1. The van der Waals surface area contributed by atoms with E-state index in [0.717, 1.165) is 65.5 Å². The summed E-state index contributed by atoms with van der Waals surface area (Å²) in [5, 5.41) is 5.69. The van der Waals surface area contributed by atoms with Gasteiger partial charge in [0.2, 0.25) is 0 Å². The molecule has 3 aromatic heterocycles. The molecule has 3 nitrogen and oxygen atoms in total. The summed E-state index contributed by atoms with van der Waals surface area (Å²) < 4.78 is 8.84. The lowest BCUT2D eigenvalue weighted by Crippen LogP contribution is -1.94. The minimum absolute atomic E-state index is 0.688. The third-order valence-corrected chi connectivity index (χ3v) is 11.7. The van der Waals surface area contributed by atoms with E-state index in [1.165, 1.54) is 37.7 Å². The molecule has 252 valence electrons. The lowest BCUT2D eigenvalue weighted by molar-refractivity contribution is 0.669. The van der Waals surface area contributed by atoms with E-state index >= 15 is 0 Å². The lowest BCUT2D eigenvalue weighted by Gasteiger charge is -2.10. The monoisotopic (exact) mass is 706 g/mol. The number of benzene rings is 8. The van der Waals surface area contributed by atoms with E-state index in [-0.39, 0.29) is 0 Å². The molecule has 0 saturated carbocycles.